The highest BCUT2D eigenvalue weighted by atomic mass is 19.4. The molecule has 11 nitrogen and oxygen atoms in total. The van der Waals surface area contributed by atoms with Crippen LogP contribution in [-0.4, -0.2) is 83.5 Å². The number of pyridine rings is 1. The zero-order valence-corrected chi connectivity index (χ0v) is 24.2. The smallest absolute Gasteiger partial charge is 0.422 e. The minimum Gasteiger partial charge on any atom is -0.468 e. The summed E-state index contributed by atoms with van der Waals surface area (Å²) in [5.74, 6) is -0.640. The van der Waals surface area contributed by atoms with Crippen LogP contribution in [0.25, 0.3) is 11.0 Å². The number of guanidine groups is 1. The average Bonchev–Trinajstić information content (AvgIpc) is 3.62. The third-order valence-electron chi connectivity index (χ3n) is 7.34. The van der Waals surface area contributed by atoms with Crippen molar-refractivity contribution in [2.45, 2.75) is 51.2 Å². The number of amides is 3. The summed E-state index contributed by atoms with van der Waals surface area (Å²) in [6.45, 7) is 2.10. The van der Waals surface area contributed by atoms with E-state index in [2.05, 4.69) is 25.3 Å². The minimum atomic E-state index is -4.53. The standard InChI is InChI=1S/C30H33F3N6O5/c1-19-14-21-15-22(8-9-24(21)44-19)35-29(37-27(41)20-7-10-25(34-16-20)43-18-30(31,32)33)36-23-6-2-3-13-39(28(23)42)17-26(40)38-11-4-5-12-38/h7-10,14-16,23H,2-6,11-13,17-18H2,1H3,(H2,35,36,37,41)/t23-/m0/s1. The second-order valence-corrected chi connectivity index (χ2v) is 10.8. The first-order valence-corrected chi connectivity index (χ1v) is 14.4. The zero-order chi connectivity index (χ0) is 31.3. The molecule has 2 saturated heterocycles. The number of hydrogen-bond acceptors (Lipinski definition) is 7. The SMILES string of the molecule is Cc1cc2cc(NC(=N[C@H]3CCCCN(CC(=O)N4CCCC4)C3=O)NC(=O)c3ccc(OCC(F)(F)F)nc3)ccc2o1. The molecule has 4 heterocycles. The van der Waals surface area contributed by atoms with Gasteiger partial charge in [0.15, 0.2) is 6.61 Å². The molecule has 2 aromatic heterocycles. The molecule has 2 N–H and O–H groups in total. The fourth-order valence-electron chi connectivity index (χ4n) is 5.17. The Balaban J connectivity index is 1.36. The van der Waals surface area contributed by atoms with Crippen molar-refractivity contribution >= 4 is 40.3 Å². The van der Waals surface area contributed by atoms with Crippen molar-refractivity contribution < 1.29 is 36.7 Å². The monoisotopic (exact) mass is 614 g/mol. The van der Waals surface area contributed by atoms with Crippen molar-refractivity contribution in [2.75, 3.05) is 38.1 Å². The van der Waals surface area contributed by atoms with Crippen molar-refractivity contribution in [3.8, 4) is 5.88 Å². The fourth-order valence-corrected chi connectivity index (χ4v) is 5.17. The first-order chi connectivity index (χ1) is 21.0. The molecule has 44 heavy (non-hydrogen) atoms. The Hall–Kier alpha value is -4.62. The predicted octanol–water partition coefficient (Wildman–Crippen LogP) is 4.28. The van der Waals surface area contributed by atoms with E-state index in [-0.39, 0.29) is 35.8 Å². The fraction of sp³-hybridized carbons (Fsp3) is 0.433. The Morgan fingerprint density at radius 1 is 1.09 bits per heavy atom. The second kappa shape index (κ2) is 13.3. The summed E-state index contributed by atoms with van der Waals surface area (Å²) in [5.41, 5.74) is 1.27. The predicted molar refractivity (Wildman–Crippen MR) is 155 cm³/mol. The quantitative estimate of drug-likeness (QED) is 0.300. The van der Waals surface area contributed by atoms with E-state index in [1.165, 1.54) is 11.0 Å². The highest BCUT2D eigenvalue weighted by molar-refractivity contribution is 6.10. The number of halogens is 3. The van der Waals surface area contributed by atoms with Gasteiger partial charge in [0.1, 0.15) is 17.4 Å². The van der Waals surface area contributed by atoms with Gasteiger partial charge in [-0.25, -0.2) is 9.98 Å². The van der Waals surface area contributed by atoms with E-state index in [0.29, 0.717) is 50.2 Å². The molecule has 14 heteroatoms. The van der Waals surface area contributed by atoms with Gasteiger partial charge in [-0.1, -0.05) is 0 Å². The molecule has 234 valence electrons. The molecule has 3 aromatic rings. The number of hydrogen-bond donors (Lipinski definition) is 2. The number of aromatic nitrogens is 1. The van der Waals surface area contributed by atoms with Crippen LogP contribution in [0.4, 0.5) is 18.9 Å². The average molecular weight is 615 g/mol. The number of carbonyl (C=O) groups is 3. The van der Waals surface area contributed by atoms with Crippen molar-refractivity contribution in [1.82, 2.24) is 20.1 Å². The number of fused-ring (bicyclic) bond motifs is 1. The topological polar surface area (TPSA) is 129 Å². The summed E-state index contributed by atoms with van der Waals surface area (Å²) in [5, 5.41) is 6.56. The largest absolute Gasteiger partial charge is 0.468 e. The van der Waals surface area contributed by atoms with Crippen molar-refractivity contribution in [3.05, 3.63) is 53.9 Å². The number of nitrogens with one attached hydrogen (secondary N) is 2. The molecule has 0 saturated carbocycles. The summed E-state index contributed by atoms with van der Waals surface area (Å²) in [4.78, 5) is 51.3. The molecule has 5 rings (SSSR count). The van der Waals surface area contributed by atoms with Gasteiger partial charge in [0, 0.05) is 43.0 Å². The first-order valence-electron chi connectivity index (χ1n) is 14.4. The molecule has 0 bridgehead atoms. The van der Waals surface area contributed by atoms with Crippen molar-refractivity contribution in [2.24, 2.45) is 4.99 Å². The normalized spacial score (nSPS) is 18.0. The minimum absolute atomic E-state index is 0.0157. The number of likely N-dealkylation sites (tertiary alicyclic amines) is 2. The molecule has 2 aliphatic heterocycles. The van der Waals surface area contributed by atoms with Crippen LogP contribution in [-0.2, 0) is 9.59 Å². The third kappa shape index (κ3) is 8.05. The van der Waals surface area contributed by atoms with Gasteiger partial charge in [0.25, 0.3) is 5.91 Å². The molecule has 0 aliphatic carbocycles. The first kappa shape index (κ1) is 30.8. The van der Waals surface area contributed by atoms with E-state index in [4.69, 9.17) is 4.42 Å². The van der Waals surface area contributed by atoms with Gasteiger partial charge in [-0.15, -0.1) is 0 Å². The van der Waals surface area contributed by atoms with Crippen LogP contribution in [0.1, 0.15) is 48.2 Å². The van der Waals surface area contributed by atoms with Gasteiger partial charge in [-0.05, 0) is 69.4 Å². The Morgan fingerprint density at radius 3 is 2.59 bits per heavy atom. The molecule has 2 fully saturated rings. The highest BCUT2D eigenvalue weighted by Gasteiger charge is 2.31. The van der Waals surface area contributed by atoms with Gasteiger partial charge in [0.2, 0.25) is 23.7 Å². The van der Waals surface area contributed by atoms with Gasteiger partial charge < -0.3 is 24.3 Å². The van der Waals surface area contributed by atoms with Gasteiger partial charge in [0.05, 0.1) is 12.1 Å². The van der Waals surface area contributed by atoms with Crippen molar-refractivity contribution in [1.29, 1.82) is 0 Å². The molecule has 1 aromatic carbocycles. The number of aryl methyl sites for hydroxylation is 1. The molecule has 0 unspecified atom stereocenters. The van der Waals surface area contributed by atoms with Crippen LogP contribution in [0.2, 0.25) is 0 Å². The molecule has 0 spiro atoms. The molecule has 1 atom stereocenters. The number of benzene rings is 1. The lowest BCUT2D eigenvalue weighted by molar-refractivity contribution is -0.154. The van der Waals surface area contributed by atoms with E-state index < -0.39 is 24.7 Å². The Morgan fingerprint density at radius 2 is 1.86 bits per heavy atom. The van der Waals surface area contributed by atoms with E-state index in [1.54, 1.807) is 23.1 Å². The lowest BCUT2D eigenvalue weighted by atomic mass is 10.1. The molecule has 0 radical (unpaired) electrons. The number of furan rings is 1. The summed E-state index contributed by atoms with van der Waals surface area (Å²) in [6.07, 6.45) is 0.279. The molecule has 3 amide bonds. The summed E-state index contributed by atoms with van der Waals surface area (Å²) < 4.78 is 47.7. The third-order valence-corrected chi connectivity index (χ3v) is 7.34. The van der Waals surface area contributed by atoms with Gasteiger partial charge >= 0.3 is 6.18 Å². The molecule has 2 aliphatic rings. The lowest BCUT2D eigenvalue weighted by Gasteiger charge is -2.25. The van der Waals surface area contributed by atoms with Crippen molar-refractivity contribution in [3.63, 3.8) is 0 Å². The lowest BCUT2D eigenvalue weighted by Crippen LogP contribution is -2.45. The van der Waals surface area contributed by atoms with Crippen LogP contribution in [0, 0.1) is 6.92 Å². The summed E-state index contributed by atoms with van der Waals surface area (Å²) in [7, 11) is 0. The van der Waals surface area contributed by atoms with Crippen LogP contribution >= 0.6 is 0 Å². The van der Waals surface area contributed by atoms with Crippen LogP contribution < -0.4 is 15.4 Å². The Bertz CT molecular complexity index is 1530. The number of ether oxygens (including phenoxy) is 1. The second-order valence-electron chi connectivity index (χ2n) is 10.8. The maximum Gasteiger partial charge on any atom is 0.422 e. The van der Waals surface area contributed by atoms with E-state index in [9.17, 15) is 27.6 Å². The molecular weight excluding hydrogens is 581 g/mol. The number of carbonyl (C=O) groups excluding carboxylic acids is 3. The number of nitrogens with zero attached hydrogens (tertiary/aromatic N) is 4. The number of anilines is 1. The molecular formula is C30H33F3N6O5. The van der Waals surface area contributed by atoms with E-state index >= 15 is 0 Å². The maximum atomic E-state index is 13.6. The van der Waals surface area contributed by atoms with Crippen LogP contribution in [0.15, 0.2) is 52.0 Å². The number of rotatable bonds is 7. The Kier molecular flexibility index (Phi) is 9.35. The van der Waals surface area contributed by atoms with E-state index in [0.717, 1.165) is 36.3 Å². The Labute approximate surface area is 251 Å². The van der Waals surface area contributed by atoms with Crippen LogP contribution in [0.3, 0.4) is 0 Å². The zero-order valence-electron chi connectivity index (χ0n) is 24.2. The maximum absolute atomic E-state index is 13.6. The highest BCUT2D eigenvalue weighted by Crippen LogP contribution is 2.23. The summed E-state index contributed by atoms with van der Waals surface area (Å²) in [6, 6.07) is 8.72. The van der Waals surface area contributed by atoms with Gasteiger partial charge in [-0.2, -0.15) is 13.2 Å². The van der Waals surface area contributed by atoms with Crippen LogP contribution in [0.5, 0.6) is 5.88 Å². The van der Waals surface area contributed by atoms with Gasteiger partial charge in [-0.3, -0.25) is 19.7 Å². The van der Waals surface area contributed by atoms with E-state index in [1.807, 2.05) is 13.0 Å². The summed E-state index contributed by atoms with van der Waals surface area (Å²) >= 11 is 0. The number of aliphatic imine (C=N–C) groups is 1. The number of alkyl halides is 3.